The second kappa shape index (κ2) is 6.84. The van der Waals surface area contributed by atoms with E-state index in [0.717, 1.165) is 25.9 Å². The van der Waals surface area contributed by atoms with E-state index in [4.69, 9.17) is 4.74 Å². The number of pyridine rings is 1. The third-order valence-corrected chi connectivity index (χ3v) is 4.16. The van der Waals surface area contributed by atoms with Crippen LogP contribution in [-0.2, 0) is 9.53 Å². The van der Waals surface area contributed by atoms with E-state index in [-0.39, 0.29) is 17.4 Å². The largest absolute Gasteiger partial charge is 0.456 e. The van der Waals surface area contributed by atoms with Gasteiger partial charge < -0.3 is 20.4 Å². The third kappa shape index (κ3) is 3.99. The van der Waals surface area contributed by atoms with Crippen LogP contribution in [0.4, 0.5) is 5.69 Å². The minimum atomic E-state index is -0.624. The number of piperidine rings is 1. The van der Waals surface area contributed by atoms with Gasteiger partial charge in [0.2, 0.25) is 5.91 Å². The van der Waals surface area contributed by atoms with Crippen LogP contribution in [0.2, 0.25) is 0 Å². The Hall–Kier alpha value is -2.41. The van der Waals surface area contributed by atoms with Gasteiger partial charge in [-0.1, -0.05) is 0 Å². The lowest BCUT2D eigenvalue weighted by molar-refractivity contribution is -0.120. The lowest BCUT2D eigenvalue weighted by atomic mass is 9.97. The van der Waals surface area contributed by atoms with Crippen molar-refractivity contribution in [3.63, 3.8) is 0 Å². The van der Waals surface area contributed by atoms with Gasteiger partial charge in [-0.05, 0) is 52.8 Å². The normalized spacial score (nSPS) is 16.0. The highest BCUT2D eigenvalue weighted by Crippen LogP contribution is 2.28. The molecule has 25 heavy (non-hydrogen) atoms. The molecule has 7 nitrogen and oxygen atoms in total. The first-order chi connectivity index (χ1) is 11.8. The van der Waals surface area contributed by atoms with E-state index in [2.05, 4.69) is 20.6 Å². The third-order valence-electron chi connectivity index (χ3n) is 4.16. The Morgan fingerprint density at radius 1 is 1.28 bits per heavy atom. The number of hydrogen-bond donors (Lipinski definition) is 3. The molecule has 3 rings (SSSR count). The molecule has 1 saturated heterocycles. The van der Waals surface area contributed by atoms with Crippen LogP contribution < -0.4 is 10.6 Å². The molecule has 0 atom stereocenters. The fraction of sp³-hybridized carbons (Fsp3) is 0.500. The quantitative estimate of drug-likeness (QED) is 0.743. The van der Waals surface area contributed by atoms with Crippen molar-refractivity contribution in [2.75, 3.05) is 18.4 Å². The summed E-state index contributed by atoms with van der Waals surface area (Å²) in [5, 5.41) is 6.89. The molecule has 0 radical (unpaired) electrons. The number of fused-ring (bicyclic) bond motifs is 1. The van der Waals surface area contributed by atoms with Gasteiger partial charge in [-0.2, -0.15) is 0 Å². The topological polar surface area (TPSA) is 96.1 Å². The number of esters is 1. The molecule has 1 aliphatic heterocycles. The first-order valence-electron chi connectivity index (χ1n) is 8.56. The number of hydrogen-bond acceptors (Lipinski definition) is 5. The van der Waals surface area contributed by atoms with Crippen LogP contribution in [0, 0.1) is 5.92 Å². The van der Waals surface area contributed by atoms with Gasteiger partial charge in [0.25, 0.3) is 0 Å². The van der Waals surface area contributed by atoms with Crippen LogP contribution in [-0.4, -0.2) is 40.5 Å². The fourth-order valence-electron chi connectivity index (χ4n) is 2.94. The van der Waals surface area contributed by atoms with Crippen LogP contribution in [0.1, 0.15) is 44.0 Å². The number of carbonyl (C=O) groups excluding carboxylic acids is 2. The summed E-state index contributed by atoms with van der Waals surface area (Å²) in [5.41, 5.74) is 0.724. The summed E-state index contributed by atoms with van der Waals surface area (Å²) in [6.07, 6.45) is 4.76. The van der Waals surface area contributed by atoms with Crippen molar-refractivity contribution in [1.82, 2.24) is 15.3 Å². The van der Waals surface area contributed by atoms with Crippen molar-refractivity contribution >= 4 is 28.6 Å². The second-order valence-electron chi connectivity index (χ2n) is 7.30. The molecule has 1 amide bonds. The molecule has 0 aliphatic carbocycles. The summed E-state index contributed by atoms with van der Waals surface area (Å²) in [7, 11) is 0. The molecule has 1 fully saturated rings. The highest BCUT2D eigenvalue weighted by Gasteiger charge is 2.26. The fourth-order valence-corrected chi connectivity index (χ4v) is 2.94. The Morgan fingerprint density at radius 2 is 2.00 bits per heavy atom. The summed E-state index contributed by atoms with van der Waals surface area (Å²) in [4.78, 5) is 32.5. The standard InChI is InChI=1S/C18H24N4O3/c1-18(2,3)25-17(24)13-10-21-15-12(6-9-20-15)14(13)22-16(23)11-4-7-19-8-5-11/h6,9-11,19H,4-5,7-8H2,1-3H3,(H2,20,21,22,23). The van der Waals surface area contributed by atoms with Gasteiger partial charge >= 0.3 is 5.97 Å². The maximum atomic E-state index is 12.7. The zero-order chi connectivity index (χ0) is 18.0. The number of nitrogens with zero attached hydrogens (tertiary/aromatic N) is 1. The van der Waals surface area contributed by atoms with Gasteiger partial charge in [-0.3, -0.25) is 4.79 Å². The molecular weight excluding hydrogens is 320 g/mol. The van der Waals surface area contributed by atoms with Gasteiger partial charge in [-0.25, -0.2) is 9.78 Å². The molecule has 3 N–H and O–H groups in total. The molecule has 2 aromatic heterocycles. The maximum absolute atomic E-state index is 12.7. The Morgan fingerprint density at radius 3 is 2.68 bits per heavy atom. The minimum Gasteiger partial charge on any atom is -0.456 e. The average molecular weight is 344 g/mol. The molecule has 0 spiro atoms. The van der Waals surface area contributed by atoms with Crippen molar-refractivity contribution in [1.29, 1.82) is 0 Å². The number of ether oxygens (including phenoxy) is 1. The minimum absolute atomic E-state index is 0.0603. The first kappa shape index (κ1) is 17.4. The average Bonchev–Trinajstić information content (AvgIpc) is 3.03. The summed E-state index contributed by atoms with van der Waals surface area (Å²) in [6, 6.07) is 1.80. The van der Waals surface area contributed by atoms with E-state index in [1.807, 2.05) is 0 Å². The molecule has 7 heteroatoms. The van der Waals surface area contributed by atoms with E-state index in [1.54, 1.807) is 33.0 Å². The summed E-state index contributed by atoms with van der Waals surface area (Å²) in [5.74, 6) is -0.626. The second-order valence-corrected chi connectivity index (χ2v) is 7.30. The number of amides is 1. The van der Waals surface area contributed by atoms with E-state index < -0.39 is 11.6 Å². The van der Waals surface area contributed by atoms with Crippen molar-refractivity contribution in [2.24, 2.45) is 5.92 Å². The van der Waals surface area contributed by atoms with Crippen molar-refractivity contribution in [3.8, 4) is 0 Å². The zero-order valence-corrected chi connectivity index (χ0v) is 14.8. The van der Waals surface area contributed by atoms with Gasteiger partial charge in [0, 0.05) is 23.7 Å². The molecule has 0 bridgehead atoms. The van der Waals surface area contributed by atoms with Crippen LogP contribution in [0.5, 0.6) is 0 Å². The molecule has 134 valence electrons. The molecule has 0 unspecified atom stereocenters. The predicted molar refractivity (Wildman–Crippen MR) is 95.5 cm³/mol. The van der Waals surface area contributed by atoms with E-state index in [9.17, 15) is 9.59 Å². The van der Waals surface area contributed by atoms with Crippen molar-refractivity contribution < 1.29 is 14.3 Å². The highest BCUT2D eigenvalue weighted by atomic mass is 16.6. The lowest BCUT2D eigenvalue weighted by Crippen LogP contribution is -2.35. The van der Waals surface area contributed by atoms with Crippen molar-refractivity contribution in [3.05, 3.63) is 24.0 Å². The van der Waals surface area contributed by atoms with Crippen molar-refractivity contribution in [2.45, 2.75) is 39.2 Å². The number of anilines is 1. The van der Waals surface area contributed by atoms with E-state index in [0.29, 0.717) is 16.7 Å². The number of rotatable bonds is 3. The summed E-state index contributed by atoms with van der Waals surface area (Å²) >= 11 is 0. The van der Waals surface area contributed by atoms with E-state index in [1.165, 1.54) is 6.20 Å². The van der Waals surface area contributed by atoms with Crippen LogP contribution in [0.3, 0.4) is 0 Å². The lowest BCUT2D eigenvalue weighted by Gasteiger charge is -2.23. The SMILES string of the molecule is CC(C)(C)OC(=O)c1cnc2[nH]ccc2c1NC(=O)C1CCNCC1. The predicted octanol–water partition coefficient (Wildman–Crippen LogP) is 2.46. The number of H-pyrrole nitrogens is 1. The molecule has 3 heterocycles. The number of nitrogens with one attached hydrogen (secondary N) is 3. The van der Waals surface area contributed by atoms with Crippen LogP contribution >= 0.6 is 0 Å². The molecule has 0 saturated carbocycles. The molecule has 0 aromatic carbocycles. The molecular formula is C18H24N4O3. The first-order valence-corrected chi connectivity index (χ1v) is 8.56. The Kier molecular flexibility index (Phi) is 4.76. The zero-order valence-electron chi connectivity index (χ0n) is 14.8. The van der Waals surface area contributed by atoms with Crippen LogP contribution in [0.15, 0.2) is 18.5 Å². The van der Waals surface area contributed by atoms with E-state index >= 15 is 0 Å². The molecule has 1 aliphatic rings. The number of carbonyl (C=O) groups is 2. The molecule has 2 aromatic rings. The summed E-state index contributed by atoms with van der Waals surface area (Å²) < 4.78 is 5.47. The highest BCUT2D eigenvalue weighted by molar-refractivity contribution is 6.09. The Bertz CT molecular complexity index is 785. The van der Waals surface area contributed by atoms with Gasteiger partial charge in [0.15, 0.2) is 0 Å². The van der Waals surface area contributed by atoms with Gasteiger partial charge in [-0.15, -0.1) is 0 Å². The monoisotopic (exact) mass is 344 g/mol. The Labute approximate surface area is 146 Å². The van der Waals surface area contributed by atoms with Crippen LogP contribution in [0.25, 0.3) is 11.0 Å². The maximum Gasteiger partial charge on any atom is 0.342 e. The number of aromatic nitrogens is 2. The van der Waals surface area contributed by atoms with Gasteiger partial charge in [0.05, 0.1) is 5.69 Å². The number of aromatic amines is 1. The summed E-state index contributed by atoms with van der Waals surface area (Å²) in [6.45, 7) is 7.07. The Balaban J connectivity index is 1.93. The smallest absolute Gasteiger partial charge is 0.342 e. The van der Waals surface area contributed by atoms with Gasteiger partial charge in [0.1, 0.15) is 16.8 Å².